The van der Waals surface area contributed by atoms with Crippen molar-refractivity contribution in [3.05, 3.63) is 33.5 Å². The van der Waals surface area contributed by atoms with Gasteiger partial charge in [0.25, 0.3) is 0 Å². The molecule has 2 aromatic rings. The Kier molecular flexibility index (Phi) is 6.33. The number of nitrogens with one attached hydrogen (secondary N) is 1. The number of halogens is 3. The summed E-state index contributed by atoms with van der Waals surface area (Å²) >= 11 is 1.39. The first kappa shape index (κ1) is 22.8. The van der Waals surface area contributed by atoms with Crippen LogP contribution in [0.3, 0.4) is 0 Å². The van der Waals surface area contributed by atoms with Gasteiger partial charge in [-0.05, 0) is 57.1 Å². The van der Waals surface area contributed by atoms with Crippen molar-refractivity contribution < 1.29 is 27.5 Å². The minimum absolute atomic E-state index is 0.0353. The van der Waals surface area contributed by atoms with Crippen molar-refractivity contribution in [2.75, 3.05) is 11.9 Å². The van der Waals surface area contributed by atoms with Gasteiger partial charge in [-0.15, -0.1) is 11.3 Å². The fraction of sp³-hybridized carbons (Fsp3) is 0.591. The van der Waals surface area contributed by atoms with E-state index in [0.29, 0.717) is 16.3 Å². The van der Waals surface area contributed by atoms with Crippen LogP contribution in [-0.4, -0.2) is 28.3 Å². The fourth-order valence-electron chi connectivity index (χ4n) is 4.07. The number of carbonyl (C=O) groups excluding carboxylic acids is 2. The summed E-state index contributed by atoms with van der Waals surface area (Å²) in [5, 5.41) is 7.04. The predicted octanol–water partition coefficient (Wildman–Crippen LogP) is 5.17. The molecule has 1 amide bonds. The van der Waals surface area contributed by atoms with Crippen LogP contribution in [0.25, 0.3) is 0 Å². The van der Waals surface area contributed by atoms with Crippen molar-refractivity contribution in [3.8, 4) is 0 Å². The lowest BCUT2D eigenvalue weighted by molar-refractivity contribution is -0.141. The van der Waals surface area contributed by atoms with Gasteiger partial charge >= 0.3 is 12.1 Å². The van der Waals surface area contributed by atoms with Gasteiger partial charge in [-0.1, -0.05) is 6.92 Å². The number of aromatic nitrogens is 2. The number of hydrogen-bond donors (Lipinski definition) is 1. The van der Waals surface area contributed by atoms with Crippen molar-refractivity contribution in [3.63, 3.8) is 0 Å². The van der Waals surface area contributed by atoms with Crippen LogP contribution >= 0.6 is 11.3 Å². The molecule has 1 N–H and O–H groups in total. The number of alkyl halides is 3. The maximum absolute atomic E-state index is 13.1. The van der Waals surface area contributed by atoms with Gasteiger partial charge in [-0.3, -0.25) is 9.48 Å². The number of fused-ring (bicyclic) bond motifs is 1. The largest absolute Gasteiger partial charge is 0.462 e. The lowest BCUT2D eigenvalue weighted by Crippen LogP contribution is -2.26. The van der Waals surface area contributed by atoms with Crippen LogP contribution in [0.1, 0.15) is 77.6 Å². The van der Waals surface area contributed by atoms with Crippen molar-refractivity contribution in [1.29, 1.82) is 0 Å². The first-order chi connectivity index (χ1) is 15.2. The van der Waals surface area contributed by atoms with Crippen molar-refractivity contribution >= 4 is 28.2 Å². The monoisotopic (exact) mass is 469 g/mol. The average molecular weight is 470 g/mol. The molecule has 0 saturated heterocycles. The summed E-state index contributed by atoms with van der Waals surface area (Å²) in [5.74, 6) is -1.39. The van der Waals surface area contributed by atoms with E-state index < -0.39 is 23.8 Å². The normalized spacial score (nSPS) is 17.0. The van der Waals surface area contributed by atoms with Crippen molar-refractivity contribution in [2.24, 2.45) is 5.92 Å². The Bertz CT molecular complexity index is 1020. The molecule has 0 aromatic carbocycles. The number of thiophene rings is 1. The standard InChI is InChI=1S/C22H26F3N3O3S/c1-3-31-21(30)18-14-6-4-5-7-16(14)32-20(18)26-19(29)12(2)11-28-15(13-8-9-13)10-17(27-28)22(23,24)25/h10,12-13H,3-9,11H2,1-2H3,(H,26,29). The van der Waals surface area contributed by atoms with E-state index in [4.69, 9.17) is 4.74 Å². The Balaban J connectivity index is 1.53. The molecule has 0 radical (unpaired) electrons. The van der Waals surface area contributed by atoms with E-state index in [1.54, 1.807) is 13.8 Å². The molecular weight excluding hydrogens is 443 g/mol. The van der Waals surface area contributed by atoms with Gasteiger partial charge in [0.2, 0.25) is 5.91 Å². The van der Waals surface area contributed by atoms with E-state index in [0.717, 1.165) is 55.0 Å². The number of aryl methyl sites for hydroxylation is 1. The molecule has 2 aliphatic carbocycles. The molecule has 2 aromatic heterocycles. The zero-order valence-electron chi connectivity index (χ0n) is 18.1. The molecule has 1 atom stereocenters. The topological polar surface area (TPSA) is 73.2 Å². The van der Waals surface area contributed by atoms with Gasteiger partial charge < -0.3 is 10.1 Å². The first-order valence-electron chi connectivity index (χ1n) is 11.0. The number of rotatable bonds is 7. The van der Waals surface area contributed by atoms with Gasteiger partial charge in [0.05, 0.1) is 24.6 Å². The summed E-state index contributed by atoms with van der Waals surface area (Å²) < 4.78 is 46.0. The average Bonchev–Trinajstić information content (AvgIpc) is 3.37. The Morgan fingerprint density at radius 3 is 2.69 bits per heavy atom. The Labute approximate surface area is 188 Å². The SMILES string of the molecule is CCOC(=O)c1c(NC(=O)C(C)Cn2nc(C(F)(F)F)cc2C2CC2)sc2c1CCCC2. The fourth-order valence-corrected chi connectivity index (χ4v) is 5.35. The third-order valence-corrected chi connectivity index (χ3v) is 7.09. The molecule has 6 nitrogen and oxygen atoms in total. The number of anilines is 1. The number of hydrogen-bond acceptors (Lipinski definition) is 5. The molecule has 32 heavy (non-hydrogen) atoms. The van der Waals surface area contributed by atoms with Gasteiger partial charge in [-0.25, -0.2) is 4.79 Å². The van der Waals surface area contributed by atoms with Crippen LogP contribution in [0.2, 0.25) is 0 Å². The zero-order valence-corrected chi connectivity index (χ0v) is 18.9. The second-order valence-corrected chi connectivity index (χ2v) is 9.54. The second kappa shape index (κ2) is 8.88. The first-order valence-corrected chi connectivity index (χ1v) is 11.8. The van der Waals surface area contributed by atoms with E-state index in [1.165, 1.54) is 16.0 Å². The lowest BCUT2D eigenvalue weighted by atomic mass is 9.95. The van der Waals surface area contributed by atoms with Crippen LogP contribution < -0.4 is 5.32 Å². The minimum atomic E-state index is -4.52. The molecule has 0 aliphatic heterocycles. The van der Waals surface area contributed by atoms with Crippen LogP contribution in [0.4, 0.5) is 18.2 Å². The summed E-state index contributed by atoms with van der Waals surface area (Å²) in [6.07, 6.45) is 0.764. The summed E-state index contributed by atoms with van der Waals surface area (Å²) in [7, 11) is 0. The van der Waals surface area contributed by atoms with E-state index in [-0.39, 0.29) is 25.0 Å². The molecule has 0 bridgehead atoms. The highest BCUT2D eigenvalue weighted by Gasteiger charge is 2.38. The number of nitrogens with zero attached hydrogens (tertiary/aromatic N) is 2. The van der Waals surface area contributed by atoms with E-state index in [9.17, 15) is 22.8 Å². The maximum atomic E-state index is 13.1. The second-order valence-electron chi connectivity index (χ2n) is 8.43. The number of ether oxygens (including phenoxy) is 1. The highest BCUT2D eigenvalue weighted by Crippen LogP contribution is 2.42. The number of esters is 1. The quantitative estimate of drug-likeness (QED) is 0.568. The third-order valence-electron chi connectivity index (χ3n) is 5.88. The molecule has 1 saturated carbocycles. The maximum Gasteiger partial charge on any atom is 0.435 e. The molecule has 2 aliphatic rings. The summed E-state index contributed by atoms with van der Waals surface area (Å²) in [6.45, 7) is 3.65. The zero-order chi connectivity index (χ0) is 23.0. The molecule has 10 heteroatoms. The van der Waals surface area contributed by atoms with Gasteiger partial charge in [0.1, 0.15) is 5.00 Å². The van der Waals surface area contributed by atoms with Gasteiger partial charge in [0.15, 0.2) is 5.69 Å². The van der Waals surface area contributed by atoms with Crippen molar-refractivity contribution in [2.45, 2.75) is 71.0 Å². The lowest BCUT2D eigenvalue weighted by Gasteiger charge is -2.15. The van der Waals surface area contributed by atoms with Crippen LogP contribution in [0.15, 0.2) is 6.07 Å². The highest BCUT2D eigenvalue weighted by molar-refractivity contribution is 7.17. The summed E-state index contributed by atoms with van der Waals surface area (Å²) in [6, 6.07) is 1.09. The molecular formula is C22H26F3N3O3S. The number of amides is 1. The van der Waals surface area contributed by atoms with Crippen molar-refractivity contribution in [1.82, 2.24) is 9.78 Å². The Hall–Kier alpha value is -2.36. The number of carbonyl (C=O) groups is 2. The predicted molar refractivity (Wildman–Crippen MR) is 114 cm³/mol. The molecule has 1 fully saturated rings. The highest BCUT2D eigenvalue weighted by atomic mass is 32.1. The van der Waals surface area contributed by atoms with Gasteiger partial charge in [-0.2, -0.15) is 18.3 Å². The van der Waals surface area contributed by atoms with E-state index in [2.05, 4.69) is 10.4 Å². The summed E-state index contributed by atoms with van der Waals surface area (Å²) in [5.41, 5.74) is 0.961. The molecule has 1 unspecified atom stereocenters. The molecule has 2 heterocycles. The van der Waals surface area contributed by atoms with E-state index >= 15 is 0 Å². The van der Waals surface area contributed by atoms with Crippen LogP contribution in [0.5, 0.6) is 0 Å². The Morgan fingerprint density at radius 1 is 1.31 bits per heavy atom. The third kappa shape index (κ3) is 4.69. The molecule has 0 spiro atoms. The van der Waals surface area contributed by atoms with E-state index in [1.807, 2.05) is 0 Å². The van der Waals surface area contributed by atoms with Gasteiger partial charge in [0, 0.05) is 16.5 Å². The summed E-state index contributed by atoms with van der Waals surface area (Å²) in [4.78, 5) is 26.6. The Morgan fingerprint density at radius 2 is 2.03 bits per heavy atom. The van der Waals surface area contributed by atoms with Crippen LogP contribution in [-0.2, 0) is 35.1 Å². The smallest absolute Gasteiger partial charge is 0.435 e. The molecule has 4 rings (SSSR count). The molecule has 174 valence electrons. The van der Waals surface area contributed by atoms with Crippen LogP contribution in [0, 0.1) is 5.92 Å². The minimum Gasteiger partial charge on any atom is -0.462 e.